The Bertz CT molecular complexity index is 1280. The van der Waals surface area contributed by atoms with Crippen molar-refractivity contribution in [3.8, 4) is 5.75 Å². The molecule has 3 rings (SSSR count). The maximum atomic E-state index is 13.4. The van der Waals surface area contributed by atoms with Crippen LogP contribution in [-0.2, 0) is 14.8 Å². The number of methoxy groups -OCH3 is 1. The van der Waals surface area contributed by atoms with Crippen molar-refractivity contribution in [2.75, 3.05) is 18.0 Å². The molecule has 6 nitrogen and oxygen atoms in total. The van der Waals surface area contributed by atoms with Crippen LogP contribution in [-0.4, -0.2) is 28.0 Å². The van der Waals surface area contributed by atoms with E-state index in [1.807, 2.05) is 26.0 Å². The summed E-state index contributed by atoms with van der Waals surface area (Å²) in [5.41, 5.74) is 3.25. The zero-order chi connectivity index (χ0) is 25.8. The van der Waals surface area contributed by atoms with Crippen molar-refractivity contribution in [3.63, 3.8) is 0 Å². The number of benzene rings is 3. The van der Waals surface area contributed by atoms with Gasteiger partial charge in [-0.05, 0) is 85.0 Å². The number of sulfonamides is 1. The van der Waals surface area contributed by atoms with Gasteiger partial charge in [-0.15, -0.1) is 0 Å². The molecule has 0 bridgehead atoms. The van der Waals surface area contributed by atoms with E-state index in [9.17, 15) is 17.6 Å². The van der Waals surface area contributed by atoms with E-state index in [0.717, 1.165) is 38.9 Å². The topological polar surface area (TPSA) is 75.7 Å². The molecule has 1 amide bonds. The van der Waals surface area contributed by atoms with Crippen LogP contribution in [0, 0.1) is 12.7 Å². The molecule has 1 atom stereocenters. The molecule has 0 aliphatic heterocycles. The van der Waals surface area contributed by atoms with Gasteiger partial charge in [-0.25, -0.2) is 12.8 Å². The summed E-state index contributed by atoms with van der Waals surface area (Å²) in [6, 6.07) is 16.5. The highest BCUT2D eigenvalue weighted by Crippen LogP contribution is 2.32. The van der Waals surface area contributed by atoms with Crippen molar-refractivity contribution in [1.82, 2.24) is 5.32 Å². The van der Waals surface area contributed by atoms with Gasteiger partial charge in [-0.2, -0.15) is 0 Å². The molecule has 0 radical (unpaired) electrons. The Morgan fingerprint density at radius 3 is 2.20 bits per heavy atom. The highest BCUT2D eigenvalue weighted by Gasteiger charge is 2.28. The van der Waals surface area contributed by atoms with Gasteiger partial charge in [0.15, 0.2) is 0 Å². The fourth-order valence-electron chi connectivity index (χ4n) is 3.95. The normalized spacial score (nSPS) is 12.3. The van der Waals surface area contributed by atoms with Crippen molar-refractivity contribution in [3.05, 3.63) is 89.2 Å². The number of nitrogens with zero attached hydrogens (tertiary/aromatic N) is 1. The van der Waals surface area contributed by atoms with Crippen LogP contribution in [0.2, 0.25) is 0 Å². The second-order valence-electron chi connectivity index (χ2n) is 8.70. The smallest absolute Gasteiger partial charge is 0.264 e. The minimum Gasteiger partial charge on any atom is -0.496 e. The summed E-state index contributed by atoms with van der Waals surface area (Å²) in [6.45, 7) is 7.51. The number of ether oxygens (including phenoxy) is 1. The van der Waals surface area contributed by atoms with E-state index in [1.165, 1.54) is 12.1 Å². The maximum absolute atomic E-state index is 13.4. The molecule has 1 N–H and O–H groups in total. The van der Waals surface area contributed by atoms with Crippen LogP contribution < -0.4 is 14.4 Å². The molecule has 0 aliphatic rings. The summed E-state index contributed by atoms with van der Waals surface area (Å²) in [5.74, 6) is 0.00723. The molecular weight excluding hydrogens is 467 g/mol. The number of hydrogen-bond acceptors (Lipinski definition) is 4. The third-order valence-corrected chi connectivity index (χ3v) is 7.61. The van der Waals surface area contributed by atoms with Crippen LogP contribution in [0.5, 0.6) is 5.75 Å². The van der Waals surface area contributed by atoms with Gasteiger partial charge in [0, 0.05) is 0 Å². The molecule has 3 aromatic rings. The Morgan fingerprint density at radius 2 is 1.63 bits per heavy atom. The van der Waals surface area contributed by atoms with Crippen LogP contribution in [0.4, 0.5) is 10.1 Å². The van der Waals surface area contributed by atoms with Crippen LogP contribution in [0.3, 0.4) is 0 Å². The summed E-state index contributed by atoms with van der Waals surface area (Å²) in [7, 11) is -2.48. The van der Waals surface area contributed by atoms with Crippen LogP contribution in [0.25, 0.3) is 0 Å². The van der Waals surface area contributed by atoms with Crippen LogP contribution in [0.1, 0.15) is 49.4 Å². The van der Waals surface area contributed by atoms with E-state index >= 15 is 0 Å². The van der Waals surface area contributed by atoms with Crippen LogP contribution >= 0.6 is 0 Å². The lowest BCUT2D eigenvalue weighted by atomic mass is 9.93. The number of para-hydroxylation sites is 1. The fraction of sp³-hybridized carbons (Fsp3) is 0.296. The third-order valence-electron chi connectivity index (χ3n) is 5.82. The predicted octanol–water partition coefficient (Wildman–Crippen LogP) is 5.34. The molecule has 0 aromatic heterocycles. The summed E-state index contributed by atoms with van der Waals surface area (Å²) in [5, 5.41) is 2.93. The number of rotatable bonds is 9. The Labute approximate surface area is 206 Å². The van der Waals surface area contributed by atoms with E-state index in [-0.39, 0.29) is 16.9 Å². The van der Waals surface area contributed by atoms with E-state index in [2.05, 4.69) is 19.2 Å². The Balaban J connectivity index is 1.89. The summed E-state index contributed by atoms with van der Waals surface area (Å²) < 4.78 is 46.7. The van der Waals surface area contributed by atoms with Crippen molar-refractivity contribution in [2.24, 2.45) is 0 Å². The molecule has 0 saturated heterocycles. The zero-order valence-corrected chi connectivity index (χ0v) is 21.4. The third kappa shape index (κ3) is 6.00. The van der Waals surface area contributed by atoms with Gasteiger partial charge >= 0.3 is 0 Å². The predicted molar refractivity (Wildman–Crippen MR) is 136 cm³/mol. The first-order valence-corrected chi connectivity index (χ1v) is 12.8. The first-order valence-electron chi connectivity index (χ1n) is 11.4. The molecule has 8 heteroatoms. The number of carbonyl (C=O) groups is 1. The van der Waals surface area contributed by atoms with Crippen molar-refractivity contribution >= 4 is 21.6 Å². The largest absolute Gasteiger partial charge is 0.496 e. The number of carbonyl (C=O) groups excluding carboxylic acids is 1. The van der Waals surface area contributed by atoms with E-state index in [0.29, 0.717) is 5.69 Å². The van der Waals surface area contributed by atoms with Gasteiger partial charge in [-0.1, -0.05) is 32.0 Å². The molecule has 186 valence electrons. The molecule has 0 aliphatic carbocycles. The summed E-state index contributed by atoms with van der Waals surface area (Å²) in [4.78, 5) is 13.0. The average Bonchev–Trinajstić information content (AvgIpc) is 2.82. The monoisotopic (exact) mass is 498 g/mol. The van der Waals surface area contributed by atoms with E-state index < -0.39 is 28.3 Å². The number of halogens is 1. The molecule has 0 spiro atoms. The van der Waals surface area contributed by atoms with E-state index in [1.54, 1.807) is 37.4 Å². The molecule has 0 unspecified atom stereocenters. The number of hydrogen-bond donors (Lipinski definition) is 1. The molecule has 35 heavy (non-hydrogen) atoms. The number of nitrogens with one attached hydrogen (secondary N) is 1. The number of anilines is 1. The lowest BCUT2D eigenvalue weighted by Gasteiger charge is -2.26. The highest BCUT2D eigenvalue weighted by atomic mass is 32.2. The first kappa shape index (κ1) is 26.2. The quantitative estimate of drug-likeness (QED) is 0.432. The minimum atomic E-state index is -4.11. The maximum Gasteiger partial charge on any atom is 0.264 e. The van der Waals surface area contributed by atoms with Crippen LogP contribution in [0.15, 0.2) is 71.6 Å². The SMILES string of the molecule is COc1cc(C)c([C@H](C)NC(=O)CN(c2ccccc2)S(=O)(=O)c2ccc(F)cc2)cc1C(C)C. The van der Waals surface area contributed by atoms with Gasteiger partial charge < -0.3 is 10.1 Å². The average molecular weight is 499 g/mol. The summed E-state index contributed by atoms with van der Waals surface area (Å²) in [6.07, 6.45) is 0. The Kier molecular flexibility index (Phi) is 8.17. The van der Waals surface area contributed by atoms with Crippen molar-refractivity contribution in [2.45, 2.75) is 44.6 Å². The zero-order valence-electron chi connectivity index (χ0n) is 20.6. The second kappa shape index (κ2) is 10.9. The second-order valence-corrected chi connectivity index (χ2v) is 10.6. The Hall–Kier alpha value is -3.39. The van der Waals surface area contributed by atoms with Crippen molar-refractivity contribution < 1.29 is 22.3 Å². The van der Waals surface area contributed by atoms with Gasteiger partial charge in [0.2, 0.25) is 5.91 Å². The molecule has 0 fully saturated rings. The molecule has 0 saturated carbocycles. The highest BCUT2D eigenvalue weighted by molar-refractivity contribution is 7.92. The van der Waals surface area contributed by atoms with Gasteiger partial charge in [0.05, 0.1) is 23.7 Å². The van der Waals surface area contributed by atoms with E-state index in [4.69, 9.17) is 4.74 Å². The van der Waals surface area contributed by atoms with Crippen molar-refractivity contribution in [1.29, 1.82) is 0 Å². The first-order chi connectivity index (χ1) is 16.5. The molecular formula is C27H31FN2O4S. The molecule has 0 heterocycles. The Morgan fingerprint density at radius 1 is 1.00 bits per heavy atom. The van der Waals surface area contributed by atoms with Gasteiger partial charge in [0.1, 0.15) is 18.1 Å². The standard InChI is InChI=1S/C27H31FN2O4S/c1-18(2)24-16-25(19(3)15-26(24)34-5)20(4)29-27(31)17-30(22-9-7-6-8-10-22)35(32,33)23-13-11-21(28)12-14-23/h6-16,18,20H,17H2,1-5H3,(H,29,31)/t20-/m0/s1. The minimum absolute atomic E-state index is 0.101. The summed E-state index contributed by atoms with van der Waals surface area (Å²) >= 11 is 0. The lowest BCUT2D eigenvalue weighted by Crippen LogP contribution is -2.41. The van der Waals surface area contributed by atoms with Gasteiger partial charge in [-0.3, -0.25) is 9.10 Å². The number of amides is 1. The lowest BCUT2D eigenvalue weighted by molar-refractivity contribution is -0.120. The molecule has 3 aromatic carbocycles. The fourth-order valence-corrected chi connectivity index (χ4v) is 5.37. The number of aryl methyl sites for hydroxylation is 1. The van der Waals surface area contributed by atoms with Gasteiger partial charge in [0.25, 0.3) is 10.0 Å².